The molecule has 1 saturated heterocycles. The molecule has 1 fully saturated rings. The molecule has 0 aliphatic carbocycles. The number of carbonyl (C=O) groups is 1. The van der Waals surface area contributed by atoms with E-state index in [9.17, 15) is 4.79 Å². The molecule has 0 unspecified atom stereocenters. The summed E-state index contributed by atoms with van der Waals surface area (Å²) in [5.74, 6) is 1.46. The van der Waals surface area contributed by atoms with Crippen LogP contribution in [0.1, 0.15) is 24.8 Å². The molecule has 1 aliphatic rings. The van der Waals surface area contributed by atoms with E-state index >= 15 is 0 Å². The third-order valence-corrected chi connectivity index (χ3v) is 4.31. The molecule has 0 bridgehead atoms. The molecule has 2 rings (SSSR count). The van der Waals surface area contributed by atoms with Gasteiger partial charge in [-0.3, -0.25) is 4.79 Å². The molecular weight excluding hydrogens is 220 g/mol. The Bertz CT molecular complexity index is 355. The molecule has 0 radical (unpaired) electrons. The van der Waals surface area contributed by atoms with Crippen molar-refractivity contribution in [3.63, 3.8) is 0 Å². The van der Waals surface area contributed by atoms with Crippen LogP contribution in [0.3, 0.4) is 0 Å². The van der Waals surface area contributed by atoms with Crippen molar-refractivity contribution in [3.8, 4) is 0 Å². The van der Waals surface area contributed by atoms with Crippen molar-refractivity contribution in [1.82, 2.24) is 0 Å². The molecule has 3 heteroatoms. The number of carboxylic acid groups (broad SMARTS) is 1. The summed E-state index contributed by atoms with van der Waals surface area (Å²) < 4.78 is 0. The monoisotopic (exact) mass is 236 g/mol. The normalized spacial score (nSPS) is 19.2. The third-order valence-electron chi connectivity index (χ3n) is 3.33. The zero-order chi connectivity index (χ0) is 11.4. The summed E-state index contributed by atoms with van der Waals surface area (Å²) in [6, 6.07) is 10.1. The molecule has 1 N–H and O–H groups in total. The quantitative estimate of drug-likeness (QED) is 0.876. The van der Waals surface area contributed by atoms with Crippen LogP contribution in [0.15, 0.2) is 30.3 Å². The molecule has 86 valence electrons. The van der Waals surface area contributed by atoms with E-state index in [1.807, 2.05) is 30.0 Å². The average Bonchev–Trinajstić information content (AvgIpc) is 2.30. The van der Waals surface area contributed by atoms with Gasteiger partial charge in [0.1, 0.15) is 0 Å². The average molecular weight is 236 g/mol. The molecular formula is C13H16O2S. The Morgan fingerprint density at radius 2 is 1.88 bits per heavy atom. The maximum absolute atomic E-state index is 11.0. The van der Waals surface area contributed by atoms with Crippen LogP contribution in [0.4, 0.5) is 0 Å². The van der Waals surface area contributed by atoms with Crippen LogP contribution in [-0.2, 0) is 10.2 Å². The highest BCUT2D eigenvalue weighted by atomic mass is 32.2. The number of carboxylic acids is 1. The van der Waals surface area contributed by atoms with Crippen LogP contribution >= 0.6 is 11.8 Å². The Labute approximate surface area is 100 Å². The Kier molecular flexibility index (Phi) is 3.54. The van der Waals surface area contributed by atoms with E-state index in [4.69, 9.17) is 5.11 Å². The molecule has 1 heterocycles. The van der Waals surface area contributed by atoms with Crippen LogP contribution in [0, 0.1) is 0 Å². The van der Waals surface area contributed by atoms with Gasteiger partial charge >= 0.3 is 5.97 Å². The molecule has 0 aromatic heterocycles. The van der Waals surface area contributed by atoms with E-state index in [0.29, 0.717) is 0 Å². The van der Waals surface area contributed by atoms with Gasteiger partial charge in [0.05, 0.1) is 6.42 Å². The van der Waals surface area contributed by atoms with Crippen LogP contribution in [-0.4, -0.2) is 22.6 Å². The number of hydrogen-bond donors (Lipinski definition) is 1. The molecule has 1 aliphatic heterocycles. The van der Waals surface area contributed by atoms with Crippen LogP contribution in [0.5, 0.6) is 0 Å². The van der Waals surface area contributed by atoms with Crippen LogP contribution < -0.4 is 0 Å². The minimum Gasteiger partial charge on any atom is -0.481 e. The summed E-state index contributed by atoms with van der Waals surface area (Å²) in [5, 5.41) is 9.09. The standard InChI is InChI=1S/C13H16O2S/c14-12(15)10-13(6-8-16-9-7-13)11-4-2-1-3-5-11/h1-5H,6-10H2,(H,14,15). The minimum absolute atomic E-state index is 0.127. The number of rotatable bonds is 3. The van der Waals surface area contributed by atoms with E-state index < -0.39 is 5.97 Å². The molecule has 0 saturated carbocycles. The van der Waals surface area contributed by atoms with Gasteiger partial charge in [-0.1, -0.05) is 30.3 Å². The minimum atomic E-state index is -0.684. The van der Waals surface area contributed by atoms with Gasteiger partial charge in [0.2, 0.25) is 0 Å². The van der Waals surface area contributed by atoms with E-state index in [2.05, 4.69) is 12.1 Å². The summed E-state index contributed by atoms with van der Waals surface area (Å²) in [5.41, 5.74) is 1.07. The summed E-state index contributed by atoms with van der Waals surface area (Å²) in [4.78, 5) is 11.0. The Hall–Kier alpha value is -0.960. The lowest BCUT2D eigenvalue weighted by Crippen LogP contribution is -2.33. The smallest absolute Gasteiger partial charge is 0.304 e. The van der Waals surface area contributed by atoms with Crippen molar-refractivity contribution in [2.45, 2.75) is 24.7 Å². The Morgan fingerprint density at radius 3 is 2.44 bits per heavy atom. The lowest BCUT2D eigenvalue weighted by molar-refractivity contribution is -0.138. The molecule has 2 nitrogen and oxygen atoms in total. The SMILES string of the molecule is O=C(O)CC1(c2ccccc2)CCSCC1. The second kappa shape index (κ2) is 4.91. The van der Waals surface area contributed by atoms with Crippen molar-refractivity contribution in [2.75, 3.05) is 11.5 Å². The van der Waals surface area contributed by atoms with Gasteiger partial charge in [-0.15, -0.1) is 0 Å². The first-order valence-electron chi connectivity index (χ1n) is 5.58. The van der Waals surface area contributed by atoms with E-state index in [0.717, 1.165) is 24.3 Å². The fourth-order valence-electron chi connectivity index (χ4n) is 2.41. The summed E-state index contributed by atoms with van der Waals surface area (Å²) in [7, 11) is 0. The zero-order valence-electron chi connectivity index (χ0n) is 9.19. The van der Waals surface area contributed by atoms with Crippen molar-refractivity contribution < 1.29 is 9.90 Å². The van der Waals surface area contributed by atoms with Crippen LogP contribution in [0.25, 0.3) is 0 Å². The van der Waals surface area contributed by atoms with E-state index in [1.165, 1.54) is 5.56 Å². The zero-order valence-corrected chi connectivity index (χ0v) is 10.0. The van der Waals surface area contributed by atoms with Crippen molar-refractivity contribution in [3.05, 3.63) is 35.9 Å². The first-order chi connectivity index (χ1) is 7.73. The first kappa shape index (κ1) is 11.5. The summed E-state index contributed by atoms with van der Waals surface area (Å²) >= 11 is 1.93. The molecule has 0 atom stereocenters. The molecule has 0 amide bonds. The van der Waals surface area contributed by atoms with Gasteiger partial charge < -0.3 is 5.11 Å². The number of benzene rings is 1. The topological polar surface area (TPSA) is 37.3 Å². The van der Waals surface area contributed by atoms with Crippen molar-refractivity contribution in [1.29, 1.82) is 0 Å². The molecule has 0 spiro atoms. The largest absolute Gasteiger partial charge is 0.481 e. The van der Waals surface area contributed by atoms with E-state index in [1.54, 1.807) is 0 Å². The second-order valence-corrected chi connectivity index (χ2v) is 5.55. The van der Waals surface area contributed by atoms with Gasteiger partial charge in [-0.05, 0) is 29.9 Å². The lowest BCUT2D eigenvalue weighted by Gasteiger charge is -2.36. The summed E-state index contributed by atoms with van der Waals surface area (Å²) in [6.45, 7) is 0. The van der Waals surface area contributed by atoms with Crippen molar-refractivity contribution in [2.24, 2.45) is 0 Å². The number of hydrogen-bond acceptors (Lipinski definition) is 2. The van der Waals surface area contributed by atoms with Crippen LogP contribution in [0.2, 0.25) is 0 Å². The van der Waals surface area contributed by atoms with Gasteiger partial charge in [0.15, 0.2) is 0 Å². The van der Waals surface area contributed by atoms with Crippen molar-refractivity contribution >= 4 is 17.7 Å². The maximum atomic E-state index is 11.0. The predicted molar refractivity (Wildman–Crippen MR) is 66.9 cm³/mol. The Morgan fingerprint density at radius 1 is 1.25 bits per heavy atom. The highest BCUT2D eigenvalue weighted by molar-refractivity contribution is 7.99. The fourth-order valence-corrected chi connectivity index (χ4v) is 3.69. The highest BCUT2D eigenvalue weighted by Gasteiger charge is 2.36. The molecule has 16 heavy (non-hydrogen) atoms. The van der Waals surface area contributed by atoms with Gasteiger partial charge in [-0.25, -0.2) is 0 Å². The highest BCUT2D eigenvalue weighted by Crippen LogP contribution is 2.40. The van der Waals surface area contributed by atoms with E-state index in [-0.39, 0.29) is 11.8 Å². The number of thioether (sulfide) groups is 1. The molecule has 1 aromatic rings. The van der Waals surface area contributed by atoms with Gasteiger partial charge in [-0.2, -0.15) is 11.8 Å². The molecule has 1 aromatic carbocycles. The number of aliphatic carboxylic acids is 1. The maximum Gasteiger partial charge on any atom is 0.304 e. The predicted octanol–water partition coefficient (Wildman–Crippen LogP) is 2.93. The Balaban J connectivity index is 2.29. The third kappa shape index (κ3) is 2.40. The fraction of sp³-hybridized carbons (Fsp3) is 0.462. The lowest BCUT2D eigenvalue weighted by atomic mass is 9.73. The van der Waals surface area contributed by atoms with Gasteiger partial charge in [0.25, 0.3) is 0 Å². The first-order valence-corrected chi connectivity index (χ1v) is 6.73. The summed E-state index contributed by atoms with van der Waals surface area (Å²) in [6.07, 6.45) is 2.22. The second-order valence-electron chi connectivity index (χ2n) is 4.33. The van der Waals surface area contributed by atoms with Gasteiger partial charge in [0, 0.05) is 5.41 Å².